The van der Waals surface area contributed by atoms with Crippen molar-refractivity contribution in [1.29, 1.82) is 0 Å². The lowest BCUT2D eigenvalue weighted by atomic mass is 9.96. The highest BCUT2D eigenvalue weighted by molar-refractivity contribution is 5.95. The third-order valence-electron chi connectivity index (χ3n) is 3.17. The molecule has 0 bridgehead atoms. The molecule has 0 saturated carbocycles. The minimum atomic E-state index is -0.502. The molecule has 2 amide bonds. The molecule has 5 nitrogen and oxygen atoms in total. The molecule has 0 spiro atoms. The number of esters is 1. The Morgan fingerprint density at radius 2 is 2.05 bits per heavy atom. The lowest BCUT2D eigenvalue weighted by Gasteiger charge is -2.28. The molecule has 0 radical (unpaired) electrons. The summed E-state index contributed by atoms with van der Waals surface area (Å²) in [5.41, 5.74) is 1.77. The molecule has 5 heteroatoms. The van der Waals surface area contributed by atoms with E-state index in [4.69, 9.17) is 4.74 Å². The zero-order chi connectivity index (χ0) is 15.2. The van der Waals surface area contributed by atoms with E-state index in [-0.39, 0.29) is 12.6 Å². The maximum atomic E-state index is 12.3. The molecular weight excluding hydrogens is 268 g/mol. The zero-order valence-electron chi connectivity index (χ0n) is 12.1. The number of urea groups is 1. The predicted octanol–water partition coefficient (Wildman–Crippen LogP) is 2.43. The topological polar surface area (TPSA) is 67.4 Å². The number of benzene rings is 1. The Bertz CT molecular complexity index is 591. The van der Waals surface area contributed by atoms with Gasteiger partial charge in [-0.15, -0.1) is 0 Å². The SMILES string of the molecule is C/C=C/COC(=O)C1=C(C)NC(=O)N[C@@H]1c1ccccc1. The first kappa shape index (κ1) is 14.8. The van der Waals surface area contributed by atoms with E-state index in [1.807, 2.05) is 43.3 Å². The van der Waals surface area contributed by atoms with Crippen LogP contribution in [0, 0.1) is 0 Å². The van der Waals surface area contributed by atoms with Gasteiger partial charge in [0.2, 0.25) is 0 Å². The number of amides is 2. The van der Waals surface area contributed by atoms with Gasteiger partial charge in [-0.1, -0.05) is 42.5 Å². The number of ether oxygens (including phenoxy) is 1. The molecule has 110 valence electrons. The molecule has 1 atom stereocenters. The van der Waals surface area contributed by atoms with Gasteiger partial charge in [-0.2, -0.15) is 0 Å². The Morgan fingerprint density at radius 1 is 1.33 bits per heavy atom. The number of allylic oxidation sites excluding steroid dienone is 2. The minimum Gasteiger partial charge on any atom is -0.458 e. The summed E-state index contributed by atoms with van der Waals surface area (Å²) < 4.78 is 5.20. The summed E-state index contributed by atoms with van der Waals surface area (Å²) in [6, 6.07) is 8.51. The molecule has 0 aromatic heterocycles. The predicted molar refractivity (Wildman–Crippen MR) is 79.3 cm³/mol. The van der Waals surface area contributed by atoms with Crippen LogP contribution < -0.4 is 10.6 Å². The van der Waals surface area contributed by atoms with Crippen molar-refractivity contribution in [3.63, 3.8) is 0 Å². The van der Waals surface area contributed by atoms with Crippen LogP contribution in [-0.4, -0.2) is 18.6 Å². The quantitative estimate of drug-likeness (QED) is 0.660. The smallest absolute Gasteiger partial charge is 0.338 e. The molecule has 0 aliphatic carbocycles. The van der Waals surface area contributed by atoms with Crippen LogP contribution in [0.5, 0.6) is 0 Å². The van der Waals surface area contributed by atoms with Crippen LogP contribution >= 0.6 is 0 Å². The fourth-order valence-corrected chi connectivity index (χ4v) is 2.16. The lowest BCUT2D eigenvalue weighted by molar-refractivity contribution is -0.138. The monoisotopic (exact) mass is 286 g/mol. The van der Waals surface area contributed by atoms with Gasteiger partial charge in [-0.3, -0.25) is 0 Å². The number of nitrogens with one attached hydrogen (secondary N) is 2. The summed E-state index contributed by atoms with van der Waals surface area (Å²) in [4.78, 5) is 23.9. The first-order chi connectivity index (χ1) is 10.1. The fraction of sp³-hybridized carbons (Fsp3) is 0.250. The molecule has 1 heterocycles. The van der Waals surface area contributed by atoms with E-state index in [0.29, 0.717) is 11.3 Å². The van der Waals surface area contributed by atoms with Crippen LogP contribution in [0.4, 0.5) is 4.79 Å². The van der Waals surface area contributed by atoms with Crippen LogP contribution in [0.2, 0.25) is 0 Å². The van der Waals surface area contributed by atoms with Crippen LogP contribution in [0.15, 0.2) is 53.8 Å². The van der Waals surface area contributed by atoms with Gasteiger partial charge < -0.3 is 15.4 Å². The molecule has 1 aliphatic rings. The van der Waals surface area contributed by atoms with E-state index in [2.05, 4.69) is 10.6 Å². The van der Waals surface area contributed by atoms with Gasteiger partial charge in [0.1, 0.15) is 6.61 Å². The molecular formula is C16H18N2O3. The van der Waals surface area contributed by atoms with Crippen molar-refractivity contribution in [2.45, 2.75) is 19.9 Å². The van der Waals surface area contributed by atoms with E-state index in [1.165, 1.54) is 0 Å². The van der Waals surface area contributed by atoms with E-state index in [9.17, 15) is 9.59 Å². The Hall–Kier alpha value is -2.56. The summed E-state index contributed by atoms with van der Waals surface area (Å²) in [5, 5.41) is 5.37. The standard InChI is InChI=1S/C16H18N2O3/c1-3-4-10-21-15(19)13-11(2)17-16(20)18-14(13)12-8-6-5-7-9-12/h3-9,14H,10H2,1-2H3,(H2,17,18,20)/b4-3+/t14-/m1/s1. The van der Waals surface area contributed by atoms with Crippen LogP contribution in [0.1, 0.15) is 25.5 Å². The number of rotatable bonds is 4. The number of hydrogen-bond acceptors (Lipinski definition) is 3. The van der Waals surface area contributed by atoms with Gasteiger partial charge in [-0.25, -0.2) is 9.59 Å². The average molecular weight is 286 g/mol. The van der Waals surface area contributed by atoms with Gasteiger partial charge in [0, 0.05) is 5.70 Å². The highest BCUT2D eigenvalue weighted by Gasteiger charge is 2.31. The summed E-state index contributed by atoms with van der Waals surface area (Å²) in [6.07, 6.45) is 3.56. The molecule has 1 aromatic carbocycles. The van der Waals surface area contributed by atoms with Crippen LogP contribution in [0.25, 0.3) is 0 Å². The van der Waals surface area contributed by atoms with Crippen molar-refractivity contribution < 1.29 is 14.3 Å². The molecule has 1 aromatic rings. The van der Waals surface area contributed by atoms with Gasteiger partial charge >= 0.3 is 12.0 Å². The Balaban J connectivity index is 2.30. The first-order valence-corrected chi connectivity index (χ1v) is 6.75. The summed E-state index contributed by atoms with van der Waals surface area (Å²) in [7, 11) is 0. The van der Waals surface area contributed by atoms with E-state index in [0.717, 1.165) is 5.56 Å². The van der Waals surface area contributed by atoms with Crippen LogP contribution in [0.3, 0.4) is 0 Å². The normalized spacial score (nSPS) is 18.4. The lowest BCUT2D eigenvalue weighted by Crippen LogP contribution is -2.45. The Morgan fingerprint density at radius 3 is 2.71 bits per heavy atom. The average Bonchev–Trinajstić information content (AvgIpc) is 2.47. The largest absolute Gasteiger partial charge is 0.458 e. The molecule has 0 unspecified atom stereocenters. The maximum absolute atomic E-state index is 12.3. The minimum absolute atomic E-state index is 0.210. The highest BCUT2D eigenvalue weighted by atomic mass is 16.5. The van der Waals surface area contributed by atoms with Gasteiger partial charge in [0.05, 0.1) is 11.6 Å². The van der Waals surface area contributed by atoms with Gasteiger partial charge in [0.25, 0.3) is 0 Å². The Labute approximate surface area is 123 Å². The van der Waals surface area contributed by atoms with Crippen molar-refractivity contribution in [2.24, 2.45) is 0 Å². The maximum Gasteiger partial charge on any atom is 0.338 e. The molecule has 0 fully saturated rings. The molecule has 2 rings (SSSR count). The Kier molecular flexibility index (Phi) is 4.77. The second kappa shape index (κ2) is 6.74. The van der Waals surface area contributed by atoms with E-state index in [1.54, 1.807) is 13.0 Å². The van der Waals surface area contributed by atoms with E-state index >= 15 is 0 Å². The summed E-state index contributed by atoms with van der Waals surface area (Å²) >= 11 is 0. The van der Waals surface area contributed by atoms with Crippen LogP contribution in [-0.2, 0) is 9.53 Å². The highest BCUT2D eigenvalue weighted by Crippen LogP contribution is 2.27. The third-order valence-corrected chi connectivity index (χ3v) is 3.17. The van der Waals surface area contributed by atoms with E-state index < -0.39 is 12.0 Å². The first-order valence-electron chi connectivity index (χ1n) is 6.75. The summed E-state index contributed by atoms with van der Waals surface area (Å²) in [6.45, 7) is 3.76. The third kappa shape index (κ3) is 3.51. The zero-order valence-corrected chi connectivity index (χ0v) is 12.1. The van der Waals surface area contributed by atoms with Crippen molar-refractivity contribution in [2.75, 3.05) is 6.61 Å². The van der Waals surface area contributed by atoms with Crippen molar-refractivity contribution in [1.82, 2.24) is 10.6 Å². The molecule has 0 saturated heterocycles. The van der Waals surface area contributed by atoms with Crippen molar-refractivity contribution in [3.05, 3.63) is 59.3 Å². The second-order valence-corrected chi connectivity index (χ2v) is 4.65. The van der Waals surface area contributed by atoms with Gasteiger partial charge in [0.15, 0.2) is 0 Å². The summed E-state index contributed by atoms with van der Waals surface area (Å²) in [5.74, 6) is -0.438. The van der Waals surface area contributed by atoms with Crippen molar-refractivity contribution in [3.8, 4) is 0 Å². The molecule has 21 heavy (non-hydrogen) atoms. The fourth-order valence-electron chi connectivity index (χ4n) is 2.16. The second-order valence-electron chi connectivity index (χ2n) is 4.65. The number of hydrogen-bond donors (Lipinski definition) is 2. The molecule has 2 N–H and O–H groups in total. The number of carbonyl (C=O) groups excluding carboxylic acids is 2. The van der Waals surface area contributed by atoms with Gasteiger partial charge in [-0.05, 0) is 19.4 Å². The van der Waals surface area contributed by atoms with Crippen molar-refractivity contribution >= 4 is 12.0 Å². The number of carbonyl (C=O) groups is 2. The molecule has 1 aliphatic heterocycles.